The molecule has 0 atom stereocenters. The van der Waals surface area contributed by atoms with Crippen LogP contribution in [0.3, 0.4) is 0 Å². The van der Waals surface area contributed by atoms with Crippen LogP contribution in [0.5, 0.6) is 0 Å². The Hall–Kier alpha value is -4.27. The van der Waals surface area contributed by atoms with Crippen LogP contribution in [0.15, 0.2) is 59.9 Å². The van der Waals surface area contributed by atoms with E-state index in [0.29, 0.717) is 0 Å². The lowest BCUT2D eigenvalue weighted by molar-refractivity contribution is -0.119. The van der Waals surface area contributed by atoms with Crippen molar-refractivity contribution in [2.24, 2.45) is 14.1 Å². The molecule has 1 amide bonds. The molecule has 4 heterocycles. The van der Waals surface area contributed by atoms with E-state index >= 15 is 0 Å². The van der Waals surface area contributed by atoms with E-state index in [9.17, 15) is 9.59 Å². The number of aromatic nitrogens is 6. The van der Waals surface area contributed by atoms with Gasteiger partial charge >= 0.3 is 5.69 Å². The summed E-state index contributed by atoms with van der Waals surface area (Å²) in [6.45, 7) is 1.56. The average molecular weight is 496 g/mol. The number of hydrogen-bond acceptors (Lipinski definition) is 5. The highest BCUT2D eigenvalue weighted by atomic mass is 16.2. The van der Waals surface area contributed by atoms with Crippen molar-refractivity contribution >= 4 is 27.8 Å². The van der Waals surface area contributed by atoms with Crippen molar-refractivity contribution in [2.45, 2.75) is 44.7 Å². The SMILES string of the molecule is CC(=O)N[C@H]1CC[C@H](n2c(=O)n(C)c3cnc4ccc(-c5ccc(-c6cnn(C)c6)nc5)cc4c32)CC1. The number of carbonyl (C=O) groups is 1. The number of carbonyl (C=O) groups excluding carboxylic acids is 1. The fourth-order valence-corrected chi connectivity index (χ4v) is 5.60. The van der Waals surface area contributed by atoms with E-state index in [0.717, 1.165) is 70.0 Å². The van der Waals surface area contributed by atoms with Crippen molar-refractivity contribution in [1.29, 1.82) is 0 Å². The quantitative estimate of drug-likeness (QED) is 0.407. The van der Waals surface area contributed by atoms with Crippen molar-refractivity contribution in [3.8, 4) is 22.4 Å². The van der Waals surface area contributed by atoms with E-state index in [4.69, 9.17) is 0 Å². The van der Waals surface area contributed by atoms with Crippen molar-refractivity contribution < 1.29 is 4.79 Å². The number of fused-ring (bicyclic) bond motifs is 3. The van der Waals surface area contributed by atoms with Crippen LogP contribution >= 0.6 is 0 Å². The lowest BCUT2D eigenvalue weighted by Gasteiger charge is -2.29. The summed E-state index contributed by atoms with van der Waals surface area (Å²) < 4.78 is 5.41. The van der Waals surface area contributed by atoms with Crippen LogP contribution in [0.25, 0.3) is 44.3 Å². The molecular weight excluding hydrogens is 466 g/mol. The zero-order chi connectivity index (χ0) is 25.7. The van der Waals surface area contributed by atoms with Gasteiger partial charge in [-0.3, -0.25) is 28.6 Å². The summed E-state index contributed by atoms with van der Waals surface area (Å²) in [5.74, 6) is -0.00154. The fraction of sp³-hybridized carbons (Fsp3) is 0.321. The van der Waals surface area contributed by atoms with Gasteiger partial charge < -0.3 is 5.32 Å². The molecule has 1 aliphatic rings. The Morgan fingerprint density at radius 1 is 0.946 bits per heavy atom. The molecule has 0 radical (unpaired) electrons. The molecule has 1 aliphatic carbocycles. The molecule has 0 spiro atoms. The largest absolute Gasteiger partial charge is 0.354 e. The van der Waals surface area contributed by atoms with E-state index in [2.05, 4.69) is 32.5 Å². The normalized spacial score (nSPS) is 17.9. The van der Waals surface area contributed by atoms with Crippen LogP contribution in [0.2, 0.25) is 0 Å². The molecule has 1 saturated carbocycles. The van der Waals surface area contributed by atoms with Crippen molar-refractivity contribution in [3.63, 3.8) is 0 Å². The summed E-state index contributed by atoms with van der Waals surface area (Å²) in [5, 5.41) is 8.21. The number of aryl methyl sites for hydroxylation is 2. The van der Waals surface area contributed by atoms with Gasteiger partial charge in [-0.1, -0.05) is 12.1 Å². The molecule has 9 nitrogen and oxygen atoms in total. The van der Waals surface area contributed by atoms with Gasteiger partial charge in [0.25, 0.3) is 0 Å². The molecule has 188 valence electrons. The van der Waals surface area contributed by atoms with Crippen LogP contribution < -0.4 is 11.0 Å². The molecule has 1 aromatic carbocycles. The van der Waals surface area contributed by atoms with Crippen LogP contribution in [-0.4, -0.2) is 40.8 Å². The summed E-state index contributed by atoms with van der Waals surface area (Å²) in [7, 11) is 3.70. The molecular formula is C28H29N7O2. The molecule has 1 fully saturated rings. The first-order valence-corrected chi connectivity index (χ1v) is 12.6. The Morgan fingerprint density at radius 2 is 1.73 bits per heavy atom. The lowest BCUT2D eigenvalue weighted by Crippen LogP contribution is -2.38. The van der Waals surface area contributed by atoms with Gasteiger partial charge in [0.2, 0.25) is 5.91 Å². The molecule has 0 bridgehead atoms. The minimum absolute atomic E-state index is 0.00154. The van der Waals surface area contributed by atoms with Crippen molar-refractivity contribution in [2.75, 3.05) is 0 Å². The maximum Gasteiger partial charge on any atom is 0.329 e. The Kier molecular flexibility index (Phi) is 5.62. The summed E-state index contributed by atoms with van der Waals surface area (Å²) in [6.07, 6.45) is 10.8. The molecule has 0 aliphatic heterocycles. The third-order valence-corrected chi connectivity index (χ3v) is 7.48. The molecule has 0 saturated heterocycles. The standard InChI is InChI=1S/C28H29N7O2/c1-17(36)32-21-6-8-22(9-7-21)35-27-23-12-18(4-11-25(23)30-15-26(27)34(3)28(35)37)19-5-10-24(29-13-19)20-14-31-33(2)16-20/h4-5,10-16,21-22H,6-9H2,1-3H3,(H,32,36)/t21-,22-. The number of amides is 1. The first-order valence-electron chi connectivity index (χ1n) is 12.6. The van der Waals surface area contributed by atoms with E-state index in [1.165, 1.54) is 0 Å². The predicted molar refractivity (Wildman–Crippen MR) is 143 cm³/mol. The van der Waals surface area contributed by atoms with Crippen molar-refractivity contribution in [1.82, 2.24) is 34.2 Å². The molecule has 37 heavy (non-hydrogen) atoms. The minimum atomic E-state index is -0.0276. The van der Waals surface area contributed by atoms with Crippen LogP contribution in [-0.2, 0) is 18.9 Å². The molecule has 5 aromatic rings. The zero-order valence-electron chi connectivity index (χ0n) is 21.2. The maximum absolute atomic E-state index is 13.4. The fourth-order valence-electron chi connectivity index (χ4n) is 5.60. The van der Waals surface area contributed by atoms with Crippen LogP contribution in [0, 0.1) is 0 Å². The second kappa shape index (κ2) is 8.99. The summed E-state index contributed by atoms with van der Waals surface area (Å²) in [4.78, 5) is 34.2. The van der Waals surface area contributed by atoms with Crippen molar-refractivity contribution in [3.05, 3.63) is 65.6 Å². The maximum atomic E-state index is 13.4. The number of rotatable bonds is 4. The first-order chi connectivity index (χ1) is 17.9. The Bertz CT molecular complexity index is 1690. The molecule has 1 N–H and O–H groups in total. The van der Waals surface area contributed by atoms with Gasteiger partial charge in [-0.15, -0.1) is 0 Å². The Morgan fingerprint density at radius 3 is 2.41 bits per heavy atom. The van der Waals surface area contributed by atoms with Gasteiger partial charge in [0.15, 0.2) is 0 Å². The highest BCUT2D eigenvalue weighted by Crippen LogP contribution is 2.34. The Labute approximate surface area is 213 Å². The van der Waals surface area contributed by atoms with Gasteiger partial charge in [0.05, 0.1) is 34.6 Å². The summed E-state index contributed by atoms with van der Waals surface area (Å²) in [5.41, 5.74) is 6.42. The number of pyridine rings is 2. The molecule has 9 heteroatoms. The van der Waals surface area contributed by atoms with Gasteiger partial charge in [-0.2, -0.15) is 5.10 Å². The number of imidazole rings is 1. The second-order valence-electron chi connectivity index (χ2n) is 9.98. The summed E-state index contributed by atoms with van der Waals surface area (Å²) >= 11 is 0. The van der Waals surface area contributed by atoms with Crippen LogP contribution in [0.1, 0.15) is 38.6 Å². The number of nitrogens with zero attached hydrogens (tertiary/aromatic N) is 6. The number of benzene rings is 1. The highest BCUT2D eigenvalue weighted by molar-refractivity contribution is 6.04. The molecule has 6 rings (SSSR count). The third kappa shape index (κ3) is 4.10. The van der Waals surface area contributed by atoms with Crippen LogP contribution in [0.4, 0.5) is 0 Å². The average Bonchev–Trinajstić information content (AvgIpc) is 3.45. The smallest absolute Gasteiger partial charge is 0.329 e. The topological polar surface area (TPSA) is 99.6 Å². The zero-order valence-corrected chi connectivity index (χ0v) is 21.2. The molecule has 0 unspecified atom stereocenters. The van der Waals surface area contributed by atoms with Gasteiger partial charge in [-0.05, 0) is 49.4 Å². The van der Waals surface area contributed by atoms with E-state index in [1.54, 1.807) is 28.6 Å². The highest BCUT2D eigenvalue weighted by Gasteiger charge is 2.27. The second-order valence-corrected chi connectivity index (χ2v) is 9.98. The molecule has 4 aromatic heterocycles. The third-order valence-electron chi connectivity index (χ3n) is 7.48. The Balaban J connectivity index is 1.41. The van der Waals surface area contributed by atoms with Gasteiger partial charge in [0, 0.05) is 62.0 Å². The predicted octanol–water partition coefficient (Wildman–Crippen LogP) is 3.97. The lowest BCUT2D eigenvalue weighted by atomic mass is 9.90. The minimum Gasteiger partial charge on any atom is -0.354 e. The van der Waals surface area contributed by atoms with Gasteiger partial charge in [0.1, 0.15) is 0 Å². The monoisotopic (exact) mass is 495 g/mol. The van der Waals surface area contributed by atoms with E-state index < -0.39 is 0 Å². The van der Waals surface area contributed by atoms with Gasteiger partial charge in [-0.25, -0.2) is 4.79 Å². The van der Waals surface area contributed by atoms with E-state index in [1.807, 2.05) is 49.3 Å². The number of hydrogen-bond donors (Lipinski definition) is 1. The van der Waals surface area contributed by atoms with E-state index in [-0.39, 0.29) is 23.7 Å². The first kappa shape index (κ1) is 23.1. The number of nitrogens with one attached hydrogen (secondary N) is 1. The summed E-state index contributed by atoms with van der Waals surface area (Å²) in [6, 6.07) is 10.5.